The monoisotopic (exact) mass is 209 g/mol. The third kappa shape index (κ3) is 2.67. The maximum absolute atomic E-state index is 11.3. The minimum absolute atomic E-state index is 0.173. The van der Waals surface area contributed by atoms with Gasteiger partial charge < -0.3 is 15.3 Å². The zero-order valence-corrected chi connectivity index (χ0v) is 8.39. The first-order valence-corrected chi connectivity index (χ1v) is 4.19. The lowest BCUT2D eigenvalue weighted by molar-refractivity contribution is 0.0691. The maximum atomic E-state index is 11.3. The molecular weight excluding hydrogens is 198 g/mol. The Morgan fingerprint density at radius 3 is 2.67 bits per heavy atom. The van der Waals surface area contributed by atoms with E-state index in [2.05, 4.69) is 10.3 Å². The van der Waals surface area contributed by atoms with Gasteiger partial charge in [0.15, 0.2) is 5.69 Å². The molecule has 0 aliphatic rings. The Balaban J connectivity index is 2.94. The zero-order chi connectivity index (χ0) is 11.4. The van der Waals surface area contributed by atoms with Crippen LogP contribution in [0.4, 0.5) is 10.5 Å². The molecule has 0 aliphatic carbocycles. The lowest BCUT2D eigenvalue weighted by atomic mass is 10.3. The van der Waals surface area contributed by atoms with Crippen molar-refractivity contribution in [3.05, 3.63) is 24.0 Å². The number of carbonyl (C=O) groups is 2. The number of carboxylic acid groups (broad SMARTS) is 1. The summed E-state index contributed by atoms with van der Waals surface area (Å²) in [6, 6.07) is 2.64. The first-order valence-electron chi connectivity index (χ1n) is 4.19. The largest absolute Gasteiger partial charge is 0.476 e. The molecule has 0 unspecified atom stereocenters. The first kappa shape index (κ1) is 11.0. The molecule has 0 aromatic carbocycles. The average molecular weight is 209 g/mol. The number of nitrogens with zero attached hydrogens (tertiary/aromatic N) is 2. The highest BCUT2D eigenvalue weighted by Gasteiger charge is 2.13. The van der Waals surface area contributed by atoms with Crippen LogP contribution in [0.3, 0.4) is 0 Å². The Hall–Kier alpha value is -2.11. The second-order valence-electron chi connectivity index (χ2n) is 3.03. The Kier molecular flexibility index (Phi) is 3.22. The summed E-state index contributed by atoms with van der Waals surface area (Å²) in [5.41, 5.74) is 0.0106. The van der Waals surface area contributed by atoms with E-state index in [1.165, 1.54) is 17.2 Å². The number of rotatable bonds is 2. The molecule has 0 atom stereocenters. The van der Waals surface area contributed by atoms with Crippen molar-refractivity contribution in [1.82, 2.24) is 9.88 Å². The van der Waals surface area contributed by atoms with Crippen LogP contribution in [0.2, 0.25) is 0 Å². The molecule has 2 amide bonds. The summed E-state index contributed by atoms with van der Waals surface area (Å²) in [5.74, 6) is -1.18. The Labute approximate surface area is 86.5 Å². The molecule has 1 aromatic rings. The van der Waals surface area contributed by atoms with Gasteiger partial charge in [0.1, 0.15) is 0 Å². The van der Waals surface area contributed by atoms with E-state index in [4.69, 9.17) is 5.11 Å². The molecule has 80 valence electrons. The van der Waals surface area contributed by atoms with E-state index in [0.717, 1.165) is 0 Å². The van der Waals surface area contributed by atoms with Crippen LogP contribution < -0.4 is 5.32 Å². The number of hydrogen-bond donors (Lipinski definition) is 2. The number of nitrogens with one attached hydrogen (secondary N) is 1. The van der Waals surface area contributed by atoms with Crippen LogP contribution in [-0.2, 0) is 0 Å². The van der Waals surface area contributed by atoms with E-state index in [0.29, 0.717) is 0 Å². The smallest absolute Gasteiger partial charge is 0.356 e. The van der Waals surface area contributed by atoms with Gasteiger partial charge in [-0.15, -0.1) is 0 Å². The molecule has 0 bridgehead atoms. The van der Waals surface area contributed by atoms with Gasteiger partial charge in [0, 0.05) is 20.3 Å². The fourth-order valence-corrected chi connectivity index (χ4v) is 0.904. The molecule has 0 spiro atoms. The number of amides is 2. The number of carboxylic acids is 1. The maximum Gasteiger partial charge on any atom is 0.356 e. The Morgan fingerprint density at radius 1 is 1.47 bits per heavy atom. The molecule has 6 heteroatoms. The molecule has 0 aliphatic heterocycles. The van der Waals surface area contributed by atoms with Gasteiger partial charge in [0.05, 0.1) is 5.69 Å². The van der Waals surface area contributed by atoms with Crippen LogP contribution in [0.5, 0.6) is 0 Å². The van der Waals surface area contributed by atoms with Gasteiger partial charge in [0.25, 0.3) is 0 Å². The number of aromatic carboxylic acids is 1. The van der Waals surface area contributed by atoms with Crippen molar-refractivity contribution >= 4 is 17.7 Å². The predicted octanol–water partition coefficient (Wildman–Crippen LogP) is 0.873. The average Bonchev–Trinajstić information content (AvgIpc) is 2.18. The fourth-order valence-electron chi connectivity index (χ4n) is 0.904. The third-order valence-electron chi connectivity index (χ3n) is 1.66. The summed E-state index contributed by atoms with van der Waals surface area (Å²) in [6.45, 7) is 0. The lowest BCUT2D eigenvalue weighted by Crippen LogP contribution is -2.28. The Bertz CT molecular complexity index is 390. The van der Waals surface area contributed by atoms with Crippen LogP contribution in [0.15, 0.2) is 18.3 Å². The van der Waals surface area contributed by atoms with Gasteiger partial charge in [-0.05, 0) is 12.1 Å². The fraction of sp³-hybridized carbons (Fsp3) is 0.222. The number of hydrogen-bond acceptors (Lipinski definition) is 3. The van der Waals surface area contributed by atoms with Crippen LogP contribution in [0.25, 0.3) is 0 Å². The number of urea groups is 1. The van der Waals surface area contributed by atoms with Crippen molar-refractivity contribution in [2.45, 2.75) is 0 Å². The summed E-state index contributed by atoms with van der Waals surface area (Å²) in [6.07, 6.45) is 1.36. The summed E-state index contributed by atoms with van der Waals surface area (Å²) < 4.78 is 0. The molecule has 1 aromatic heterocycles. The number of carbonyl (C=O) groups excluding carboxylic acids is 1. The highest BCUT2D eigenvalue weighted by Crippen LogP contribution is 2.12. The number of pyridine rings is 1. The van der Waals surface area contributed by atoms with E-state index in [1.807, 2.05) is 0 Å². The summed E-state index contributed by atoms with van der Waals surface area (Å²) in [5, 5.41) is 11.2. The zero-order valence-electron chi connectivity index (χ0n) is 8.39. The SMILES string of the molecule is CN(C)C(=O)Nc1cccnc1C(=O)O. The van der Waals surface area contributed by atoms with Crippen LogP contribution in [-0.4, -0.2) is 41.1 Å². The third-order valence-corrected chi connectivity index (χ3v) is 1.66. The normalized spacial score (nSPS) is 9.47. The first-order chi connectivity index (χ1) is 7.02. The van der Waals surface area contributed by atoms with E-state index in [1.54, 1.807) is 20.2 Å². The van der Waals surface area contributed by atoms with Crippen molar-refractivity contribution in [2.24, 2.45) is 0 Å². The van der Waals surface area contributed by atoms with Crippen LogP contribution in [0.1, 0.15) is 10.5 Å². The highest BCUT2D eigenvalue weighted by atomic mass is 16.4. The predicted molar refractivity (Wildman–Crippen MR) is 53.9 cm³/mol. The Morgan fingerprint density at radius 2 is 2.13 bits per heavy atom. The molecule has 6 nitrogen and oxygen atoms in total. The molecule has 0 fully saturated rings. The van der Waals surface area contributed by atoms with Crippen LogP contribution >= 0.6 is 0 Å². The van der Waals surface area contributed by atoms with Crippen molar-refractivity contribution < 1.29 is 14.7 Å². The summed E-state index contributed by atoms with van der Waals surface area (Å²) >= 11 is 0. The molecule has 15 heavy (non-hydrogen) atoms. The second kappa shape index (κ2) is 4.41. The van der Waals surface area contributed by atoms with Gasteiger partial charge in [0.2, 0.25) is 0 Å². The minimum Gasteiger partial charge on any atom is -0.476 e. The topological polar surface area (TPSA) is 82.5 Å². The highest BCUT2D eigenvalue weighted by molar-refractivity contribution is 5.98. The summed E-state index contributed by atoms with van der Waals surface area (Å²) in [7, 11) is 3.12. The molecule has 1 rings (SSSR count). The van der Waals surface area contributed by atoms with E-state index in [9.17, 15) is 9.59 Å². The van der Waals surface area contributed by atoms with Crippen molar-refractivity contribution in [1.29, 1.82) is 0 Å². The van der Waals surface area contributed by atoms with E-state index in [-0.39, 0.29) is 11.4 Å². The van der Waals surface area contributed by atoms with Gasteiger partial charge in [-0.2, -0.15) is 0 Å². The molecule has 0 radical (unpaired) electrons. The van der Waals surface area contributed by atoms with Gasteiger partial charge >= 0.3 is 12.0 Å². The minimum atomic E-state index is -1.18. The quantitative estimate of drug-likeness (QED) is 0.757. The number of anilines is 1. The van der Waals surface area contributed by atoms with E-state index < -0.39 is 12.0 Å². The van der Waals surface area contributed by atoms with Crippen molar-refractivity contribution in [2.75, 3.05) is 19.4 Å². The van der Waals surface area contributed by atoms with Crippen molar-refractivity contribution in [3.8, 4) is 0 Å². The molecule has 0 saturated carbocycles. The molecular formula is C9H11N3O3. The molecule has 2 N–H and O–H groups in total. The van der Waals surface area contributed by atoms with Gasteiger partial charge in [-0.3, -0.25) is 0 Å². The molecule has 1 heterocycles. The molecule has 0 saturated heterocycles. The number of aromatic nitrogens is 1. The second-order valence-corrected chi connectivity index (χ2v) is 3.03. The van der Waals surface area contributed by atoms with Gasteiger partial charge in [-0.25, -0.2) is 14.6 Å². The lowest BCUT2D eigenvalue weighted by Gasteiger charge is -2.12. The summed E-state index contributed by atoms with van der Waals surface area (Å²) in [4.78, 5) is 27.0. The van der Waals surface area contributed by atoms with E-state index >= 15 is 0 Å². The van der Waals surface area contributed by atoms with Crippen LogP contribution in [0, 0.1) is 0 Å². The standard InChI is InChI=1S/C9H11N3O3/c1-12(2)9(15)11-6-4-3-5-10-7(6)8(13)14/h3-5H,1-2H3,(H,11,15)(H,13,14). The van der Waals surface area contributed by atoms with Crippen molar-refractivity contribution in [3.63, 3.8) is 0 Å². The van der Waals surface area contributed by atoms with Gasteiger partial charge in [-0.1, -0.05) is 0 Å².